The maximum atomic E-state index is 12.4. The average Bonchev–Trinajstić information content (AvgIpc) is 2.92. The first-order chi connectivity index (χ1) is 15.6. The van der Waals surface area contributed by atoms with Crippen LogP contribution in [0.3, 0.4) is 0 Å². The van der Waals surface area contributed by atoms with Crippen molar-refractivity contribution in [2.75, 3.05) is 26.2 Å². The molecule has 1 fully saturated rings. The smallest absolute Gasteiger partial charge is 0.407 e. The Morgan fingerprint density at radius 1 is 0.969 bits per heavy atom. The van der Waals surface area contributed by atoms with E-state index in [1.165, 1.54) is 25.7 Å². The number of carbonyl (C=O) groups excluding carboxylic acids is 1. The van der Waals surface area contributed by atoms with E-state index in [1.54, 1.807) is 0 Å². The van der Waals surface area contributed by atoms with Gasteiger partial charge >= 0.3 is 12.1 Å². The Hall–Kier alpha value is -2.86. The van der Waals surface area contributed by atoms with E-state index in [2.05, 4.69) is 34.5 Å². The predicted molar refractivity (Wildman–Crippen MR) is 124 cm³/mol. The molecular formula is C26H32N2O4. The van der Waals surface area contributed by atoms with Crippen LogP contribution in [0, 0.1) is 0 Å². The van der Waals surface area contributed by atoms with Gasteiger partial charge in [0, 0.05) is 5.92 Å². The zero-order valence-electron chi connectivity index (χ0n) is 18.5. The second-order valence-electron chi connectivity index (χ2n) is 8.76. The molecule has 2 aliphatic rings. The predicted octanol–water partition coefficient (Wildman–Crippen LogP) is 4.63. The quantitative estimate of drug-likeness (QED) is 0.631. The van der Waals surface area contributed by atoms with Crippen LogP contribution in [0.5, 0.6) is 0 Å². The Bertz CT molecular complexity index is 891. The van der Waals surface area contributed by atoms with Crippen molar-refractivity contribution in [1.29, 1.82) is 0 Å². The molecular weight excluding hydrogens is 404 g/mol. The minimum atomic E-state index is -1.02. The van der Waals surface area contributed by atoms with Gasteiger partial charge in [-0.1, -0.05) is 61.4 Å². The number of nitrogens with one attached hydrogen (secondary N) is 1. The van der Waals surface area contributed by atoms with Gasteiger partial charge in [-0.15, -0.1) is 0 Å². The molecule has 0 radical (unpaired) electrons. The Labute approximate surface area is 189 Å². The first-order valence-corrected chi connectivity index (χ1v) is 11.7. The largest absolute Gasteiger partial charge is 0.480 e. The zero-order valence-corrected chi connectivity index (χ0v) is 18.5. The van der Waals surface area contributed by atoms with Crippen molar-refractivity contribution in [3.8, 4) is 11.1 Å². The Morgan fingerprint density at radius 3 is 2.16 bits per heavy atom. The van der Waals surface area contributed by atoms with E-state index in [0.29, 0.717) is 6.42 Å². The van der Waals surface area contributed by atoms with Crippen molar-refractivity contribution in [2.45, 2.75) is 50.5 Å². The number of hydrogen-bond donors (Lipinski definition) is 2. The molecule has 0 unspecified atom stereocenters. The van der Waals surface area contributed by atoms with Crippen LogP contribution >= 0.6 is 0 Å². The SMILES string of the molecule is O=C(N[C@@H](CCCN1CCCCCC1)C(=O)O)OCC1c2ccccc2-c2ccccc21. The van der Waals surface area contributed by atoms with Crippen LogP contribution in [0.25, 0.3) is 11.1 Å². The van der Waals surface area contributed by atoms with Gasteiger partial charge < -0.3 is 20.1 Å². The molecule has 0 saturated carbocycles. The summed E-state index contributed by atoms with van der Waals surface area (Å²) in [5.74, 6) is -1.06. The molecule has 32 heavy (non-hydrogen) atoms. The lowest BCUT2D eigenvalue weighted by atomic mass is 9.98. The van der Waals surface area contributed by atoms with Crippen molar-refractivity contribution in [1.82, 2.24) is 10.2 Å². The minimum Gasteiger partial charge on any atom is -0.480 e. The highest BCUT2D eigenvalue weighted by Crippen LogP contribution is 2.44. The fourth-order valence-corrected chi connectivity index (χ4v) is 4.92. The van der Waals surface area contributed by atoms with Gasteiger partial charge in [0.1, 0.15) is 12.6 Å². The number of carboxylic acid groups (broad SMARTS) is 1. The number of rotatable bonds is 8. The number of alkyl carbamates (subject to hydrolysis) is 1. The molecule has 1 heterocycles. The summed E-state index contributed by atoms with van der Waals surface area (Å²) in [4.78, 5) is 26.5. The fraction of sp³-hybridized carbons (Fsp3) is 0.462. The molecule has 170 valence electrons. The van der Waals surface area contributed by atoms with E-state index in [0.717, 1.165) is 48.3 Å². The lowest BCUT2D eigenvalue weighted by Crippen LogP contribution is -2.42. The number of hydrogen-bond acceptors (Lipinski definition) is 4. The van der Waals surface area contributed by atoms with Crippen LogP contribution in [0.4, 0.5) is 4.79 Å². The van der Waals surface area contributed by atoms with Gasteiger partial charge in [-0.05, 0) is 67.6 Å². The molecule has 6 heteroatoms. The van der Waals surface area contributed by atoms with Crippen molar-refractivity contribution in [3.05, 3.63) is 59.7 Å². The first-order valence-electron chi connectivity index (χ1n) is 11.7. The van der Waals surface area contributed by atoms with Crippen LogP contribution in [-0.2, 0) is 9.53 Å². The lowest BCUT2D eigenvalue weighted by Gasteiger charge is -2.21. The first kappa shape index (κ1) is 22.3. The van der Waals surface area contributed by atoms with Crippen molar-refractivity contribution in [2.24, 2.45) is 0 Å². The molecule has 2 aromatic carbocycles. The summed E-state index contributed by atoms with van der Waals surface area (Å²) in [6.45, 7) is 3.21. The number of ether oxygens (including phenoxy) is 1. The van der Waals surface area contributed by atoms with E-state index in [9.17, 15) is 14.7 Å². The van der Waals surface area contributed by atoms with Crippen LogP contribution in [0.15, 0.2) is 48.5 Å². The second-order valence-corrected chi connectivity index (χ2v) is 8.76. The Balaban J connectivity index is 1.30. The number of likely N-dealkylation sites (tertiary alicyclic amines) is 1. The third kappa shape index (κ3) is 5.30. The normalized spacial score (nSPS) is 17.1. The van der Waals surface area contributed by atoms with Crippen molar-refractivity contribution >= 4 is 12.1 Å². The molecule has 1 amide bonds. The molecule has 1 saturated heterocycles. The van der Waals surface area contributed by atoms with E-state index < -0.39 is 18.1 Å². The summed E-state index contributed by atoms with van der Waals surface area (Å²) in [7, 11) is 0. The summed E-state index contributed by atoms with van der Waals surface area (Å²) in [5.41, 5.74) is 4.59. The zero-order chi connectivity index (χ0) is 22.3. The van der Waals surface area contributed by atoms with Gasteiger partial charge in [-0.25, -0.2) is 9.59 Å². The van der Waals surface area contributed by atoms with Gasteiger partial charge in [0.2, 0.25) is 0 Å². The van der Waals surface area contributed by atoms with Gasteiger partial charge in [0.05, 0.1) is 0 Å². The molecule has 0 bridgehead atoms. The monoisotopic (exact) mass is 436 g/mol. The van der Waals surface area contributed by atoms with Gasteiger partial charge in [-0.2, -0.15) is 0 Å². The molecule has 1 aliphatic heterocycles. The number of fused-ring (bicyclic) bond motifs is 3. The number of nitrogens with zero attached hydrogens (tertiary/aromatic N) is 1. The summed E-state index contributed by atoms with van der Waals surface area (Å²) < 4.78 is 5.51. The molecule has 1 atom stereocenters. The number of carbonyl (C=O) groups is 2. The highest BCUT2D eigenvalue weighted by Gasteiger charge is 2.29. The standard InChI is InChI=1S/C26H32N2O4/c29-25(30)24(14-9-17-28-15-7-1-2-8-16-28)27-26(31)32-18-23-21-12-5-3-10-19(21)20-11-4-6-13-22(20)23/h3-6,10-13,23-24H,1-2,7-9,14-18H2,(H,27,31)(H,29,30)/t24-/m0/s1. The highest BCUT2D eigenvalue weighted by atomic mass is 16.5. The molecule has 0 spiro atoms. The van der Waals surface area contributed by atoms with E-state index in [1.807, 2.05) is 24.3 Å². The molecule has 6 nitrogen and oxygen atoms in total. The molecule has 1 aliphatic carbocycles. The summed E-state index contributed by atoms with van der Waals surface area (Å²) in [6.07, 6.45) is 5.43. The van der Waals surface area contributed by atoms with Crippen LogP contribution in [-0.4, -0.2) is 54.4 Å². The fourth-order valence-electron chi connectivity index (χ4n) is 4.92. The van der Waals surface area contributed by atoms with Crippen LogP contribution < -0.4 is 5.32 Å². The number of benzene rings is 2. The van der Waals surface area contributed by atoms with E-state index in [-0.39, 0.29) is 12.5 Å². The molecule has 4 rings (SSSR count). The van der Waals surface area contributed by atoms with Gasteiger partial charge in [0.25, 0.3) is 0 Å². The highest BCUT2D eigenvalue weighted by molar-refractivity contribution is 5.81. The maximum absolute atomic E-state index is 12.4. The van der Waals surface area contributed by atoms with Gasteiger partial charge in [0.15, 0.2) is 0 Å². The molecule has 2 N–H and O–H groups in total. The van der Waals surface area contributed by atoms with E-state index in [4.69, 9.17) is 4.74 Å². The Kier molecular flexibility index (Phi) is 7.43. The van der Waals surface area contributed by atoms with Crippen LogP contribution in [0.1, 0.15) is 55.6 Å². The van der Waals surface area contributed by atoms with Crippen molar-refractivity contribution in [3.63, 3.8) is 0 Å². The molecule has 2 aromatic rings. The van der Waals surface area contributed by atoms with E-state index >= 15 is 0 Å². The average molecular weight is 437 g/mol. The second kappa shape index (κ2) is 10.6. The minimum absolute atomic E-state index is 0.0422. The Morgan fingerprint density at radius 2 is 1.56 bits per heavy atom. The summed E-state index contributed by atoms with van der Waals surface area (Å²) in [6, 6.07) is 15.3. The lowest BCUT2D eigenvalue weighted by molar-refractivity contribution is -0.139. The molecule has 0 aromatic heterocycles. The topological polar surface area (TPSA) is 78.9 Å². The van der Waals surface area contributed by atoms with Crippen LogP contribution in [0.2, 0.25) is 0 Å². The number of amides is 1. The third-order valence-corrected chi connectivity index (χ3v) is 6.60. The number of carboxylic acids is 1. The van der Waals surface area contributed by atoms with Crippen molar-refractivity contribution < 1.29 is 19.4 Å². The maximum Gasteiger partial charge on any atom is 0.407 e. The third-order valence-electron chi connectivity index (χ3n) is 6.60. The van der Waals surface area contributed by atoms with Gasteiger partial charge in [-0.3, -0.25) is 0 Å². The summed E-state index contributed by atoms with van der Waals surface area (Å²) >= 11 is 0. The number of aliphatic carboxylic acids is 1. The summed E-state index contributed by atoms with van der Waals surface area (Å²) in [5, 5.41) is 12.1.